The van der Waals surface area contributed by atoms with Crippen LogP contribution in [-0.4, -0.2) is 33.5 Å². The van der Waals surface area contributed by atoms with Crippen LogP contribution < -0.4 is 4.90 Å². The fraction of sp³-hybridized carbons (Fsp3) is 0.400. The van der Waals surface area contributed by atoms with Crippen LogP contribution >= 0.6 is 0 Å². The van der Waals surface area contributed by atoms with Crippen molar-refractivity contribution in [2.75, 3.05) is 11.9 Å². The Morgan fingerprint density at radius 1 is 1.29 bits per heavy atom. The molecular weight excluding hydrogens is 325 g/mol. The van der Waals surface area contributed by atoms with Crippen molar-refractivity contribution < 1.29 is 22.7 Å². The van der Waals surface area contributed by atoms with Crippen molar-refractivity contribution in [2.24, 2.45) is 0 Å². The van der Waals surface area contributed by atoms with Crippen molar-refractivity contribution in [3.8, 4) is 11.3 Å². The molecule has 0 aliphatic rings. The number of anilines is 1. The maximum atomic E-state index is 13.3. The second kappa shape index (κ2) is 6.50. The first-order valence-electron chi connectivity index (χ1n) is 7.04. The van der Waals surface area contributed by atoms with Crippen molar-refractivity contribution in [3.05, 3.63) is 30.3 Å². The molecule has 0 aliphatic heterocycles. The molecule has 1 amide bonds. The minimum Gasteiger partial charge on any atom is -0.443 e. The number of ether oxygens (including phenoxy) is 1. The average Bonchev–Trinajstić information content (AvgIpc) is 2.90. The number of pyridine rings is 1. The van der Waals surface area contributed by atoms with Gasteiger partial charge >= 0.3 is 12.6 Å². The second-order valence-electron chi connectivity index (χ2n) is 6.04. The second-order valence-corrected chi connectivity index (χ2v) is 6.04. The van der Waals surface area contributed by atoms with E-state index in [0.29, 0.717) is 4.68 Å². The van der Waals surface area contributed by atoms with Gasteiger partial charge in [-0.15, -0.1) is 0 Å². The van der Waals surface area contributed by atoms with E-state index in [2.05, 4.69) is 10.1 Å². The highest BCUT2D eigenvalue weighted by molar-refractivity contribution is 5.87. The van der Waals surface area contributed by atoms with Gasteiger partial charge in [-0.05, 0) is 26.8 Å². The fourth-order valence-corrected chi connectivity index (χ4v) is 1.90. The van der Waals surface area contributed by atoms with Crippen LogP contribution in [0.2, 0.25) is 0 Å². The molecule has 0 aromatic carbocycles. The molecule has 0 bridgehead atoms. The first kappa shape index (κ1) is 17.8. The minimum atomic E-state index is -2.99. The number of hydrogen-bond donors (Lipinski definition) is 0. The molecule has 0 radical (unpaired) electrons. The minimum absolute atomic E-state index is 0.0627. The molecule has 0 unspecified atom stereocenters. The highest BCUT2D eigenvalue weighted by Gasteiger charge is 2.26. The number of carbonyl (C=O) groups excluding carboxylic acids is 1. The summed E-state index contributed by atoms with van der Waals surface area (Å²) in [5.74, 6) is -0.806. The Kier molecular flexibility index (Phi) is 4.81. The van der Waals surface area contributed by atoms with Gasteiger partial charge in [-0.1, -0.05) is 0 Å². The molecule has 24 heavy (non-hydrogen) atoms. The number of nitrogens with zero attached hydrogens (tertiary/aromatic N) is 4. The lowest BCUT2D eigenvalue weighted by molar-refractivity contribution is 0.0522. The molecule has 0 N–H and O–H groups in total. The van der Waals surface area contributed by atoms with E-state index >= 15 is 0 Å². The fourth-order valence-electron chi connectivity index (χ4n) is 1.90. The van der Waals surface area contributed by atoms with Crippen LogP contribution in [0.5, 0.6) is 0 Å². The van der Waals surface area contributed by atoms with Gasteiger partial charge in [0.2, 0.25) is 0 Å². The molecule has 0 atom stereocenters. The van der Waals surface area contributed by atoms with Crippen molar-refractivity contribution in [3.63, 3.8) is 0 Å². The van der Waals surface area contributed by atoms with Gasteiger partial charge in [0.25, 0.3) is 0 Å². The lowest BCUT2D eigenvalue weighted by atomic mass is 10.2. The summed E-state index contributed by atoms with van der Waals surface area (Å²) in [4.78, 5) is 16.7. The van der Waals surface area contributed by atoms with Gasteiger partial charge in [-0.2, -0.15) is 18.6 Å². The summed E-state index contributed by atoms with van der Waals surface area (Å²) >= 11 is 0. The summed E-state index contributed by atoms with van der Waals surface area (Å²) in [5.41, 5.74) is -0.503. The maximum Gasteiger partial charge on any atom is 0.415 e. The number of amides is 1. The average molecular weight is 342 g/mol. The third-order valence-electron chi connectivity index (χ3n) is 2.91. The number of rotatable bonds is 3. The van der Waals surface area contributed by atoms with E-state index in [4.69, 9.17) is 4.74 Å². The van der Waals surface area contributed by atoms with E-state index in [1.807, 2.05) is 0 Å². The molecule has 130 valence electrons. The van der Waals surface area contributed by atoms with Gasteiger partial charge in [0, 0.05) is 24.9 Å². The Morgan fingerprint density at radius 2 is 1.96 bits per heavy atom. The molecule has 9 heteroatoms. The predicted molar refractivity (Wildman–Crippen MR) is 81.3 cm³/mol. The van der Waals surface area contributed by atoms with Crippen LogP contribution in [0.4, 0.5) is 23.8 Å². The summed E-state index contributed by atoms with van der Waals surface area (Å²) in [6, 6.07) is 2.36. The number of hydrogen-bond acceptors (Lipinski definition) is 4. The van der Waals surface area contributed by atoms with Gasteiger partial charge in [0.05, 0.1) is 11.9 Å². The van der Waals surface area contributed by atoms with Gasteiger partial charge in [-0.3, -0.25) is 9.88 Å². The topological polar surface area (TPSA) is 60.3 Å². The molecule has 0 aliphatic carbocycles. The van der Waals surface area contributed by atoms with E-state index in [0.717, 1.165) is 17.2 Å². The Bertz CT molecular complexity index is 741. The standard InChI is InChI=1S/C15H17F3N4O2/c1-15(2,3)24-14(23)21(4)12-6-11(20-22(12)13(17)18)9-5-10(16)8-19-7-9/h5-8,13H,1-4H3. The quantitative estimate of drug-likeness (QED) is 0.850. The lowest BCUT2D eigenvalue weighted by Crippen LogP contribution is -2.35. The van der Waals surface area contributed by atoms with Crippen LogP contribution in [0.3, 0.4) is 0 Å². The molecule has 2 rings (SSSR count). The normalized spacial score (nSPS) is 11.7. The molecule has 2 aromatic heterocycles. The highest BCUT2D eigenvalue weighted by atomic mass is 19.3. The Morgan fingerprint density at radius 3 is 2.50 bits per heavy atom. The summed E-state index contributed by atoms with van der Waals surface area (Å²) in [6.07, 6.45) is 1.47. The van der Waals surface area contributed by atoms with Crippen molar-refractivity contribution in [2.45, 2.75) is 32.9 Å². The zero-order valence-corrected chi connectivity index (χ0v) is 13.6. The summed E-state index contributed by atoms with van der Waals surface area (Å²) in [5, 5.41) is 3.73. The SMILES string of the molecule is CN(C(=O)OC(C)(C)C)c1cc(-c2cncc(F)c2)nn1C(F)F. The highest BCUT2D eigenvalue weighted by Crippen LogP contribution is 2.28. The maximum absolute atomic E-state index is 13.3. The lowest BCUT2D eigenvalue weighted by Gasteiger charge is -2.24. The number of halogens is 3. The molecular formula is C15H17F3N4O2. The van der Waals surface area contributed by atoms with E-state index in [1.54, 1.807) is 20.8 Å². The zero-order chi connectivity index (χ0) is 18.1. The van der Waals surface area contributed by atoms with Crippen LogP contribution in [0.1, 0.15) is 27.3 Å². The molecule has 2 heterocycles. The summed E-state index contributed by atoms with van der Waals surface area (Å²) in [7, 11) is 1.29. The Balaban J connectivity index is 2.40. The molecule has 0 fully saturated rings. The van der Waals surface area contributed by atoms with Crippen molar-refractivity contribution >= 4 is 11.9 Å². The zero-order valence-electron chi connectivity index (χ0n) is 13.6. The van der Waals surface area contributed by atoms with Gasteiger partial charge < -0.3 is 4.74 Å². The van der Waals surface area contributed by atoms with Crippen LogP contribution in [0.25, 0.3) is 11.3 Å². The van der Waals surface area contributed by atoms with Crippen LogP contribution in [0, 0.1) is 5.82 Å². The monoisotopic (exact) mass is 342 g/mol. The van der Waals surface area contributed by atoms with E-state index < -0.39 is 24.1 Å². The molecule has 0 saturated carbocycles. The number of carbonyl (C=O) groups is 1. The third kappa shape index (κ3) is 4.03. The predicted octanol–water partition coefficient (Wildman–Crippen LogP) is 3.85. The van der Waals surface area contributed by atoms with Gasteiger partial charge in [-0.25, -0.2) is 9.18 Å². The van der Waals surface area contributed by atoms with Crippen LogP contribution in [-0.2, 0) is 4.74 Å². The molecule has 0 saturated heterocycles. The van der Waals surface area contributed by atoms with Gasteiger partial charge in [0.15, 0.2) is 0 Å². The number of alkyl halides is 2. The first-order chi connectivity index (χ1) is 11.1. The Hall–Kier alpha value is -2.58. The smallest absolute Gasteiger partial charge is 0.415 e. The molecule has 2 aromatic rings. The van der Waals surface area contributed by atoms with E-state index in [-0.39, 0.29) is 17.1 Å². The van der Waals surface area contributed by atoms with Crippen molar-refractivity contribution in [1.82, 2.24) is 14.8 Å². The first-order valence-corrected chi connectivity index (χ1v) is 7.04. The number of aromatic nitrogens is 3. The summed E-state index contributed by atoms with van der Waals surface area (Å²) in [6.45, 7) is 1.99. The Labute approximate surface area is 136 Å². The van der Waals surface area contributed by atoms with Crippen molar-refractivity contribution in [1.29, 1.82) is 0 Å². The summed E-state index contributed by atoms with van der Waals surface area (Å²) < 4.78 is 45.2. The van der Waals surface area contributed by atoms with E-state index in [1.165, 1.54) is 19.3 Å². The molecule has 0 spiro atoms. The molecule has 6 nitrogen and oxygen atoms in total. The van der Waals surface area contributed by atoms with Crippen LogP contribution in [0.15, 0.2) is 24.5 Å². The largest absolute Gasteiger partial charge is 0.443 e. The third-order valence-corrected chi connectivity index (χ3v) is 2.91. The van der Waals surface area contributed by atoms with Gasteiger partial charge in [0.1, 0.15) is 17.2 Å². The van der Waals surface area contributed by atoms with E-state index in [9.17, 15) is 18.0 Å².